The molecule has 1 aromatic rings. The van der Waals surface area contributed by atoms with E-state index in [0.29, 0.717) is 12.3 Å². The molecule has 1 atom stereocenters. The molecule has 0 amide bonds. The van der Waals surface area contributed by atoms with Crippen LogP contribution < -0.4 is 10.1 Å². The Kier molecular flexibility index (Phi) is 2.97. The maximum atomic E-state index is 11.8. The number of carboxylic acid groups (broad SMARTS) is 1. The zero-order valence-corrected chi connectivity index (χ0v) is 11.1. The molecule has 1 fully saturated rings. The highest BCUT2D eigenvalue weighted by Crippen LogP contribution is 2.40. The summed E-state index contributed by atoms with van der Waals surface area (Å²) in [7, 11) is 1.61. The monoisotopic (exact) mass is 261 g/mol. The molecule has 2 aliphatic carbocycles. The van der Waals surface area contributed by atoms with Crippen molar-refractivity contribution in [1.82, 2.24) is 5.32 Å². The zero-order valence-electron chi connectivity index (χ0n) is 11.1. The molecular weight excluding hydrogens is 242 g/mol. The van der Waals surface area contributed by atoms with E-state index in [0.717, 1.165) is 29.8 Å². The second-order valence-electron chi connectivity index (χ2n) is 5.56. The molecule has 0 aliphatic heterocycles. The summed E-state index contributed by atoms with van der Waals surface area (Å²) in [5, 5.41) is 13.0. The fourth-order valence-electron chi connectivity index (χ4n) is 2.88. The third kappa shape index (κ3) is 2.10. The summed E-state index contributed by atoms with van der Waals surface area (Å²) in [4.78, 5) is 11.8. The van der Waals surface area contributed by atoms with Crippen LogP contribution >= 0.6 is 0 Å². The van der Waals surface area contributed by atoms with E-state index < -0.39 is 11.5 Å². The van der Waals surface area contributed by atoms with Crippen molar-refractivity contribution in [1.29, 1.82) is 0 Å². The third-order valence-corrected chi connectivity index (χ3v) is 4.30. The van der Waals surface area contributed by atoms with Crippen LogP contribution in [0.25, 0.3) is 0 Å². The second kappa shape index (κ2) is 4.53. The molecule has 1 aromatic carbocycles. The topological polar surface area (TPSA) is 58.6 Å². The molecule has 0 spiro atoms. The number of carbonyl (C=O) groups is 1. The first-order chi connectivity index (χ1) is 9.15. The van der Waals surface area contributed by atoms with Gasteiger partial charge in [0.2, 0.25) is 0 Å². The lowest BCUT2D eigenvalue weighted by Crippen LogP contribution is -2.48. The average Bonchev–Trinajstić information content (AvgIpc) is 3.17. The van der Waals surface area contributed by atoms with Gasteiger partial charge in [-0.15, -0.1) is 0 Å². The minimum absolute atomic E-state index is 0.623. The Morgan fingerprint density at radius 1 is 1.53 bits per heavy atom. The first-order valence-electron chi connectivity index (χ1n) is 6.81. The van der Waals surface area contributed by atoms with Crippen LogP contribution in [0.4, 0.5) is 0 Å². The molecule has 3 rings (SSSR count). The van der Waals surface area contributed by atoms with Crippen LogP contribution in [0.15, 0.2) is 18.2 Å². The largest absolute Gasteiger partial charge is 0.497 e. The fourth-order valence-corrected chi connectivity index (χ4v) is 2.88. The molecule has 4 heteroatoms. The summed E-state index contributed by atoms with van der Waals surface area (Å²) < 4.78 is 5.23. The van der Waals surface area contributed by atoms with Crippen LogP contribution in [-0.4, -0.2) is 24.7 Å². The normalized spacial score (nSPS) is 25.1. The maximum Gasteiger partial charge on any atom is 0.328 e. The van der Waals surface area contributed by atoms with Crippen molar-refractivity contribution in [2.45, 2.75) is 31.2 Å². The number of carboxylic acids is 1. The molecular formula is C15H19NO3. The number of aryl methyl sites for hydroxylation is 1. The Balaban J connectivity index is 1.95. The van der Waals surface area contributed by atoms with Gasteiger partial charge < -0.3 is 9.84 Å². The summed E-state index contributed by atoms with van der Waals surface area (Å²) in [5.41, 5.74) is 1.07. The third-order valence-electron chi connectivity index (χ3n) is 4.30. The lowest BCUT2D eigenvalue weighted by atomic mass is 9.91. The highest BCUT2D eigenvalue weighted by molar-refractivity contribution is 5.83. The van der Waals surface area contributed by atoms with Gasteiger partial charge in [-0.25, -0.2) is 4.79 Å². The molecule has 1 unspecified atom stereocenters. The van der Waals surface area contributed by atoms with E-state index in [1.165, 1.54) is 12.8 Å². The summed E-state index contributed by atoms with van der Waals surface area (Å²) in [6.45, 7) is 0.795. The van der Waals surface area contributed by atoms with E-state index in [2.05, 4.69) is 5.32 Å². The molecule has 2 N–H and O–H groups in total. The van der Waals surface area contributed by atoms with Crippen LogP contribution in [0.3, 0.4) is 0 Å². The van der Waals surface area contributed by atoms with Gasteiger partial charge >= 0.3 is 5.97 Å². The summed E-state index contributed by atoms with van der Waals surface area (Å²) in [6.07, 6.45) is 3.86. The quantitative estimate of drug-likeness (QED) is 0.850. The number of benzene rings is 1. The van der Waals surface area contributed by atoms with Gasteiger partial charge in [-0.2, -0.15) is 0 Å². The molecule has 102 valence electrons. The minimum Gasteiger partial charge on any atom is -0.497 e. The van der Waals surface area contributed by atoms with Crippen molar-refractivity contribution in [3.05, 3.63) is 29.3 Å². The first-order valence-corrected chi connectivity index (χ1v) is 6.81. The van der Waals surface area contributed by atoms with Crippen molar-refractivity contribution >= 4 is 5.97 Å². The Morgan fingerprint density at radius 3 is 2.95 bits per heavy atom. The molecule has 0 radical (unpaired) electrons. The lowest BCUT2D eigenvalue weighted by molar-refractivity contribution is -0.145. The van der Waals surface area contributed by atoms with Gasteiger partial charge in [-0.05, 0) is 61.4 Å². The van der Waals surface area contributed by atoms with Crippen molar-refractivity contribution in [3.63, 3.8) is 0 Å². The van der Waals surface area contributed by atoms with Crippen LogP contribution in [-0.2, 0) is 16.8 Å². The van der Waals surface area contributed by atoms with Crippen LogP contribution in [0, 0.1) is 5.92 Å². The van der Waals surface area contributed by atoms with E-state index in [1.54, 1.807) is 7.11 Å². The predicted octanol–water partition coefficient (Wildman–Crippen LogP) is 1.92. The standard InChI is InChI=1S/C15H19NO3/c1-19-12-5-4-11-6-7-15(14(17)18,13(11)8-12)16-9-10-2-3-10/h4-5,8,10,16H,2-3,6-7,9H2,1H3,(H,17,18). The maximum absolute atomic E-state index is 11.8. The Bertz CT molecular complexity index is 510. The average molecular weight is 261 g/mol. The Hall–Kier alpha value is -1.55. The predicted molar refractivity (Wildman–Crippen MR) is 71.4 cm³/mol. The highest BCUT2D eigenvalue weighted by Gasteiger charge is 2.46. The first kappa shape index (κ1) is 12.5. The van der Waals surface area contributed by atoms with Gasteiger partial charge in [0.15, 0.2) is 0 Å². The number of rotatable bonds is 5. The van der Waals surface area contributed by atoms with Gasteiger partial charge in [0, 0.05) is 0 Å². The van der Waals surface area contributed by atoms with Gasteiger partial charge in [-0.1, -0.05) is 6.07 Å². The number of hydrogen-bond donors (Lipinski definition) is 2. The highest BCUT2D eigenvalue weighted by atomic mass is 16.5. The van der Waals surface area contributed by atoms with Crippen molar-refractivity contribution in [3.8, 4) is 5.75 Å². The number of ether oxygens (including phenoxy) is 1. The van der Waals surface area contributed by atoms with E-state index in [1.807, 2.05) is 18.2 Å². The number of aliphatic carboxylic acids is 1. The molecule has 1 saturated carbocycles. The molecule has 0 saturated heterocycles. The summed E-state index contributed by atoms with van der Waals surface area (Å²) in [5.74, 6) is 0.602. The van der Waals surface area contributed by atoms with Gasteiger partial charge in [0.1, 0.15) is 11.3 Å². The molecule has 0 heterocycles. The molecule has 2 aliphatic rings. The number of fused-ring (bicyclic) bond motifs is 1. The minimum atomic E-state index is -0.924. The molecule has 0 bridgehead atoms. The summed E-state index contributed by atoms with van der Waals surface area (Å²) in [6, 6.07) is 5.76. The number of hydrogen-bond acceptors (Lipinski definition) is 3. The SMILES string of the molecule is COc1ccc2c(c1)C(NCC1CC1)(C(=O)O)CC2. The second-order valence-corrected chi connectivity index (χ2v) is 5.56. The smallest absolute Gasteiger partial charge is 0.328 e. The Morgan fingerprint density at radius 2 is 2.32 bits per heavy atom. The van der Waals surface area contributed by atoms with E-state index in [-0.39, 0.29) is 0 Å². The van der Waals surface area contributed by atoms with Crippen LogP contribution in [0.1, 0.15) is 30.4 Å². The summed E-state index contributed by atoms with van der Waals surface area (Å²) >= 11 is 0. The van der Waals surface area contributed by atoms with Crippen LogP contribution in [0.2, 0.25) is 0 Å². The van der Waals surface area contributed by atoms with E-state index in [4.69, 9.17) is 4.74 Å². The van der Waals surface area contributed by atoms with Crippen molar-refractivity contribution in [2.75, 3.05) is 13.7 Å². The zero-order chi connectivity index (χ0) is 13.5. The van der Waals surface area contributed by atoms with E-state index in [9.17, 15) is 9.90 Å². The van der Waals surface area contributed by atoms with Crippen molar-refractivity contribution in [2.24, 2.45) is 5.92 Å². The van der Waals surface area contributed by atoms with Gasteiger partial charge in [-0.3, -0.25) is 5.32 Å². The number of nitrogens with one attached hydrogen (secondary N) is 1. The van der Waals surface area contributed by atoms with Gasteiger partial charge in [0.25, 0.3) is 0 Å². The number of methoxy groups -OCH3 is 1. The van der Waals surface area contributed by atoms with Crippen molar-refractivity contribution < 1.29 is 14.6 Å². The molecule has 0 aromatic heterocycles. The van der Waals surface area contributed by atoms with Gasteiger partial charge in [0.05, 0.1) is 7.11 Å². The Labute approximate surface area is 112 Å². The molecule has 19 heavy (non-hydrogen) atoms. The lowest BCUT2D eigenvalue weighted by Gasteiger charge is -2.27. The van der Waals surface area contributed by atoms with E-state index >= 15 is 0 Å². The van der Waals surface area contributed by atoms with Crippen LogP contribution in [0.5, 0.6) is 5.75 Å². The fraction of sp³-hybridized carbons (Fsp3) is 0.533. The molecule has 4 nitrogen and oxygen atoms in total.